The quantitative estimate of drug-likeness (QED) is 0.392. The monoisotopic (exact) mass is 427 g/mol. The Bertz CT molecular complexity index is 578. The van der Waals surface area contributed by atoms with Gasteiger partial charge in [0, 0.05) is 37.1 Å². The number of ether oxygens (including phenoxy) is 4. The molecule has 0 aromatic rings. The summed E-state index contributed by atoms with van der Waals surface area (Å²) in [6, 6.07) is 0. The molecule has 0 radical (unpaired) electrons. The van der Waals surface area contributed by atoms with Crippen LogP contribution < -0.4 is 0 Å². The zero-order chi connectivity index (χ0) is 21.6. The van der Waals surface area contributed by atoms with Crippen molar-refractivity contribution in [1.29, 1.82) is 0 Å². The van der Waals surface area contributed by atoms with Crippen molar-refractivity contribution < 1.29 is 29.2 Å². The van der Waals surface area contributed by atoms with E-state index in [0.29, 0.717) is 52.2 Å². The maximum absolute atomic E-state index is 10.2. The molecule has 4 aliphatic rings. The molecule has 0 amide bonds. The molecule has 0 aromatic carbocycles. The lowest BCUT2D eigenvalue weighted by Crippen LogP contribution is -2.43. The van der Waals surface area contributed by atoms with Crippen molar-refractivity contribution in [1.82, 2.24) is 0 Å². The lowest BCUT2D eigenvalue weighted by Gasteiger charge is -2.40. The van der Waals surface area contributed by atoms with Crippen LogP contribution in [0.25, 0.3) is 10.4 Å². The summed E-state index contributed by atoms with van der Waals surface area (Å²) < 4.78 is 22.4. The Morgan fingerprint density at radius 1 is 0.733 bits per heavy atom. The molecular formula is C21H37N3O6. The first-order valence-corrected chi connectivity index (χ1v) is 11.4. The summed E-state index contributed by atoms with van der Waals surface area (Å²) in [4.78, 5) is 2.69. The Kier molecular flexibility index (Phi) is 8.01. The SMILES string of the molecule is CCCC1(O)CCC2(CC1)OCCO2.[N-]=[N+]=NCCC1(O)CCC2(CC1)OCCO2. The largest absolute Gasteiger partial charge is 0.390 e. The van der Waals surface area contributed by atoms with Gasteiger partial charge in [-0.1, -0.05) is 18.5 Å². The van der Waals surface area contributed by atoms with E-state index >= 15 is 0 Å². The maximum atomic E-state index is 10.2. The average molecular weight is 428 g/mol. The molecule has 9 nitrogen and oxygen atoms in total. The number of aliphatic hydroxyl groups is 2. The zero-order valence-electron chi connectivity index (χ0n) is 18.2. The van der Waals surface area contributed by atoms with E-state index in [1.54, 1.807) is 0 Å². The van der Waals surface area contributed by atoms with Crippen LogP contribution in [-0.2, 0) is 18.9 Å². The first-order chi connectivity index (χ1) is 14.4. The summed E-state index contributed by atoms with van der Waals surface area (Å²) in [6.07, 6.45) is 8.55. The molecule has 0 atom stereocenters. The van der Waals surface area contributed by atoms with E-state index in [9.17, 15) is 10.2 Å². The molecule has 0 unspecified atom stereocenters. The third-order valence-electron chi connectivity index (χ3n) is 6.97. The van der Waals surface area contributed by atoms with Gasteiger partial charge in [-0.3, -0.25) is 0 Å². The van der Waals surface area contributed by atoms with Gasteiger partial charge in [0.05, 0.1) is 37.6 Å². The summed E-state index contributed by atoms with van der Waals surface area (Å²) in [5.74, 6) is -0.773. The van der Waals surface area contributed by atoms with Gasteiger partial charge in [-0.05, 0) is 44.1 Å². The predicted octanol–water partition coefficient (Wildman–Crippen LogP) is 3.57. The van der Waals surface area contributed by atoms with Crippen LogP contribution >= 0.6 is 0 Å². The van der Waals surface area contributed by atoms with E-state index in [2.05, 4.69) is 16.9 Å². The minimum absolute atomic E-state index is 0.333. The Hall–Kier alpha value is -0.930. The highest BCUT2D eigenvalue weighted by molar-refractivity contribution is 4.92. The smallest absolute Gasteiger partial charge is 0.168 e. The number of nitrogens with zero attached hydrogens (tertiary/aromatic N) is 3. The average Bonchev–Trinajstić information content (AvgIpc) is 3.39. The van der Waals surface area contributed by atoms with Gasteiger partial charge in [-0.2, -0.15) is 0 Å². The fourth-order valence-electron chi connectivity index (χ4n) is 5.03. The Morgan fingerprint density at radius 2 is 1.13 bits per heavy atom. The summed E-state index contributed by atoms with van der Waals surface area (Å²) in [6.45, 7) is 5.19. The minimum Gasteiger partial charge on any atom is -0.390 e. The highest BCUT2D eigenvalue weighted by Crippen LogP contribution is 2.42. The molecule has 0 bridgehead atoms. The molecule has 0 aromatic heterocycles. The molecule has 4 rings (SSSR count). The van der Waals surface area contributed by atoms with Crippen molar-refractivity contribution in [2.24, 2.45) is 5.11 Å². The molecule has 9 heteroatoms. The van der Waals surface area contributed by atoms with Crippen LogP contribution in [-0.4, -0.2) is 66.0 Å². The molecular weight excluding hydrogens is 390 g/mol. The molecule has 2 saturated carbocycles. The molecule has 172 valence electrons. The third-order valence-corrected chi connectivity index (χ3v) is 6.97. The Morgan fingerprint density at radius 3 is 1.50 bits per heavy atom. The van der Waals surface area contributed by atoms with Crippen molar-refractivity contribution in [2.75, 3.05) is 33.0 Å². The van der Waals surface area contributed by atoms with Gasteiger partial charge in [0.1, 0.15) is 0 Å². The molecule has 30 heavy (non-hydrogen) atoms. The van der Waals surface area contributed by atoms with Crippen LogP contribution in [0.1, 0.15) is 77.6 Å². The van der Waals surface area contributed by atoms with Crippen LogP contribution in [0.15, 0.2) is 5.11 Å². The number of hydrogen-bond acceptors (Lipinski definition) is 7. The molecule has 2 aliphatic heterocycles. The third kappa shape index (κ3) is 6.07. The first-order valence-electron chi connectivity index (χ1n) is 11.4. The molecule has 2 N–H and O–H groups in total. The zero-order valence-corrected chi connectivity index (χ0v) is 18.2. The van der Waals surface area contributed by atoms with E-state index in [1.807, 2.05) is 0 Å². The van der Waals surface area contributed by atoms with Gasteiger partial charge < -0.3 is 29.2 Å². The Labute approximate surface area is 178 Å². The summed E-state index contributed by atoms with van der Waals surface area (Å²) in [5, 5.41) is 23.9. The van der Waals surface area contributed by atoms with Crippen LogP contribution in [0.5, 0.6) is 0 Å². The first kappa shape index (κ1) is 23.7. The molecule has 2 spiro atoms. The summed E-state index contributed by atoms with van der Waals surface area (Å²) in [5.41, 5.74) is 7.02. The second-order valence-electron chi connectivity index (χ2n) is 9.12. The van der Waals surface area contributed by atoms with Gasteiger partial charge in [0.15, 0.2) is 11.6 Å². The minimum atomic E-state index is -0.714. The van der Waals surface area contributed by atoms with Crippen LogP contribution in [0, 0.1) is 0 Å². The molecule has 2 saturated heterocycles. The fourth-order valence-corrected chi connectivity index (χ4v) is 5.03. The van der Waals surface area contributed by atoms with E-state index in [-0.39, 0.29) is 5.79 Å². The predicted molar refractivity (Wildman–Crippen MR) is 110 cm³/mol. The normalized spacial score (nSPS) is 31.2. The van der Waals surface area contributed by atoms with Crippen molar-refractivity contribution in [3.05, 3.63) is 10.4 Å². The van der Waals surface area contributed by atoms with Crippen LogP contribution in [0.3, 0.4) is 0 Å². The topological polar surface area (TPSA) is 126 Å². The number of rotatable bonds is 5. The van der Waals surface area contributed by atoms with Gasteiger partial charge in [0.25, 0.3) is 0 Å². The molecule has 4 fully saturated rings. The van der Waals surface area contributed by atoms with Gasteiger partial charge >= 0.3 is 0 Å². The van der Waals surface area contributed by atoms with Crippen molar-refractivity contribution in [3.63, 3.8) is 0 Å². The summed E-state index contributed by atoms with van der Waals surface area (Å²) in [7, 11) is 0. The molecule has 2 aliphatic carbocycles. The van der Waals surface area contributed by atoms with E-state index < -0.39 is 17.0 Å². The second kappa shape index (κ2) is 10.1. The highest BCUT2D eigenvalue weighted by Gasteiger charge is 2.46. The van der Waals surface area contributed by atoms with E-state index in [0.717, 1.165) is 51.4 Å². The van der Waals surface area contributed by atoms with Crippen molar-refractivity contribution in [2.45, 2.75) is 100 Å². The van der Waals surface area contributed by atoms with E-state index in [1.165, 1.54) is 0 Å². The maximum Gasteiger partial charge on any atom is 0.168 e. The van der Waals surface area contributed by atoms with Crippen LogP contribution in [0.2, 0.25) is 0 Å². The van der Waals surface area contributed by atoms with Crippen LogP contribution in [0.4, 0.5) is 0 Å². The number of hydrogen-bond donors (Lipinski definition) is 2. The van der Waals surface area contributed by atoms with Gasteiger partial charge in [-0.15, -0.1) is 0 Å². The highest BCUT2D eigenvalue weighted by atomic mass is 16.7. The standard InChI is InChI=1S/C11H20O3.C10H17N3O3/c1-2-3-10(12)4-6-11(7-5-10)13-8-9-14-11;11-13-12-6-5-9(14)1-3-10(4-2-9)15-7-8-16-10/h12H,2-9H2,1H3;14H,1-8H2. The Balaban J connectivity index is 0.000000172. The van der Waals surface area contributed by atoms with E-state index in [4.69, 9.17) is 24.5 Å². The number of azide groups is 1. The lowest BCUT2D eigenvalue weighted by atomic mass is 9.79. The second-order valence-corrected chi connectivity index (χ2v) is 9.12. The molecule has 2 heterocycles. The lowest BCUT2D eigenvalue weighted by molar-refractivity contribution is -0.203. The van der Waals surface area contributed by atoms with Crippen molar-refractivity contribution >= 4 is 0 Å². The van der Waals surface area contributed by atoms with Gasteiger partial charge in [0.2, 0.25) is 0 Å². The fraction of sp³-hybridized carbons (Fsp3) is 1.00. The van der Waals surface area contributed by atoms with Crippen molar-refractivity contribution in [3.8, 4) is 0 Å². The summed E-state index contributed by atoms with van der Waals surface area (Å²) >= 11 is 0. The van der Waals surface area contributed by atoms with Gasteiger partial charge in [-0.25, -0.2) is 0 Å².